The van der Waals surface area contributed by atoms with E-state index in [-0.39, 0.29) is 23.6 Å². The Morgan fingerprint density at radius 1 is 1.14 bits per heavy atom. The van der Waals surface area contributed by atoms with Crippen molar-refractivity contribution in [2.45, 2.75) is 110 Å². The van der Waals surface area contributed by atoms with Crippen LogP contribution in [-0.4, -0.2) is 64.2 Å². The van der Waals surface area contributed by atoms with E-state index in [0.29, 0.717) is 16.5 Å². The van der Waals surface area contributed by atoms with Crippen molar-refractivity contribution in [1.29, 1.82) is 0 Å². The van der Waals surface area contributed by atoms with Gasteiger partial charge in [0.2, 0.25) is 0 Å². The van der Waals surface area contributed by atoms with Crippen LogP contribution in [0.15, 0.2) is 24.3 Å². The molecule has 3 N–H and O–H groups in total. The molecule has 1 aliphatic carbocycles. The highest BCUT2D eigenvalue weighted by Crippen LogP contribution is 2.43. The lowest BCUT2D eigenvalue weighted by Gasteiger charge is -2.30. The number of aliphatic hydroxyl groups excluding tert-OH is 1. The molecule has 0 aromatic heterocycles. The van der Waals surface area contributed by atoms with Gasteiger partial charge in [-0.1, -0.05) is 66.7 Å². The van der Waals surface area contributed by atoms with Crippen LogP contribution in [0.5, 0.6) is 0 Å². The van der Waals surface area contributed by atoms with Crippen molar-refractivity contribution in [3.63, 3.8) is 0 Å². The molecule has 0 amide bonds. The van der Waals surface area contributed by atoms with E-state index in [0.717, 1.165) is 29.6 Å². The molecule has 7 atom stereocenters. The van der Waals surface area contributed by atoms with E-state index in [1.54, 1.807) is 0 Å². The molecule has 3 nitrogen and oxygen atoms in total. The predicted octanol–water partition coefficient (Wildman–Crippen LogP) is 7.73. The van der Waals surface area contributed by atoms with Gasteiger partial charge >= 0.3 is 0 Å². The van der Waals surface area contributed by atoms with Crippen LogP contribution in [-0.2, 0) is 0 Å². The van der Waals surface area contributed by atoms with E-state index in [2.05, 4.69) is 110 Å². The summed E-state index contributed by atoms with van der Waals surface area (Å²) in [7, 11) is -0.631. The summed E-state index contributed by atoms with van der Waals surface area (Å²) in [6.45, 7) is 31.6. The number of allylic oxidation sites excluding steroid dienone is 1. The Balaban J connectivity index is 2.69. The number of hydrogen-bond donors (Lipinski definition) is 3. The van der Waals surface area contributed by atoms with Crippen molar-refractivity contribution in [1.82, 2.24) is 10.6 Å². The fraction of sp³-hybridized carbons (Fsp3) is 0.839. The standard InChI is InChI=1S/C31H61N2OPS2/c1-13-14-29(37-20-28(26-16-23(26)3)33-31(9,10)11)36-19-27(24(4)17-34)32-21-35(12)18-22(2)15-25(5)30(6,7)8/h21-23,26-29,32-35H,4-5,13-20H2,1-3,6-12H3. The van der Waals surface area contributed by atoms with Crippen LogP contribution in [0, 0.1) is 23.2 Å². The molecular weight excluding hydrogens is 511 g/mol. The van der Waals surface area contributed by atoms with Crippen molar-refractivity contribution in [3.8, 4) is 0 Å². The zero-order valence-electron chi connectivity index (χ0n) is 25.9. The molecule has 1 fully saturated rings. The zero-order chi connectivity index (χ0) is 28.4. The first-order valence-corrected chi connectivity index (χ1v) is 18.8. The normalized spacial score (nSPS) is 22.4. The highest BCUT2D eigenvalue weighted by molar-refractivity contribution is 8.17. The van der Waals surface area contributed by atoms with Gasteiger partial charge < -0.3 is 10.4 Å². The largest absolute Gasteiger partial charge is 0.392 e. The van der Waals surface area contributed by atoms with Gasteiger partial charge in [-0.2, -0.15) is 0 Å². The van der Waals surface area contributed by atoms with Crippen molar-refractivity contribution in [3.05, 3.63) is 24.3 Å². The third-order valence-electron chi connectivity index (χ3n) is 7.29. The predicted molar refractivity (Wildman–Crippen MR) is 178 cm³/mol. The summed E-state index contributed by atoms with van der Waals surface area (Å²) in [5.41, 5.74) is 2.58. The summed E-state index contributed by atoms with van der Waals surface area (Å²) in [5, 5.41) is 17.5. The maximum absolute atomic E-state index is 9.86. The Morgan fingerprint density at radius 2 is 1.73 bits per heavy atom. The lowest BCUT2D eigenvalue weighted by atomic mass is 9.83. The molecule has 0 spiro atoms. The van der Waals surface area contributed by atoms with E-state index < -0.39 is 7.55 Å². The van der Waals surface area contributed by atoms with Crippen molar-refractivity contribution >= 4 is 37.0 Å². The summed E-state index contributed by atoms with van der Waals surface area (Å²) in [4.78, 5) is 0. The van der Waals surface area contributed by atoms with E-state index in [4.69, 9.17) is 0 Å². The second-order valence-electron chi connectivity index (χ2n) is 13.7. The van der Waals surface area contributed by atoms with E-state index in [1.165, 1.54) is 36.8 Å². The minimum Gasteiger partial charge on any atom is -0.392 e. The number of rotatable bonds is 18. The number of aliphatic hydroxyl groups is 1. The second kappa shape index (κ2) is 16.6. The van der Waals surface area contributed by atoms with Gasteiger partial charge in [-0.15, -0.1) is 31.1 Å². The minimum atomic E-state index is -0.631. The molecule has 1 saturated carbocycles. The monoisotopic (exact) mass is 572 g/mol. The molecule has 0 saturated heterocycles. The van der Waals surface area contributed by atoms with Gasteiger partial charge in [0.15, 0.2) is 0 Å². The first-order valence-electron chi connectivity index (χ1n) is 14.5. The van der Waals surface area contributed by atoms with Crippen LogP contribution in [0.4, 0.5) is 0 Å². The lowest BCUT2D eigenvalue weighted by Crippen LogP contribution is -2.46. The zero-order valence-corrected chi connectivity index (χ0v) is 28.5. The molecule has 6 heteroatoms. The SMILES string of the molecule is C=C(CO)C(CSC(CCC)SCC(NC(C)(C)C)C1CC1C)N/C=[PH](/C)CC(C)CC(=C)C(C)(C)C. The van der Waals surface area contributed by atoms with Gasteiger partial charge in [0.1, 0.15) is 0 Å². The van der Waals surface area contributed by atoms with Gasteiger partial charge in [-0.3, -0.25) is 5.32 Å². The van der Waals surface area contributed by atoms with Crippen LogP contribution < -0.4 is 10.6 Å². The average Bonchev–Trinajstić information content (AvgIpc) is 3.50. The smallest absolute Gasteiger partial charge is 0.0654 e. The number of hydrogen-bond acceptors (Lipinski definition) is 4. The van der Waals surface area contributed by atoms with Gasteiger partial charge in [-0.05, 0) is 87.5 Å². The van der Waals surface area contributed by atoms with Gasteiger partial charge in [-0.25, -0.2) is 0 Å². The first-order chi connectivity index (χ1) is 17.1. The summed E-state index contributed by atoms with van der Waals surface area (Å²) < 4.78 is 0.578. The lowest BCUT2D eigenvalue weighted by molar-refractivity contribution is 0.323. The molecule has 0 aromatic rings. The molecule has 0 bridgehead atoms. The molecule has 37 heavy (non-hydrogen) atoms. The summed E-state index contributed by atoms with van der Waals surface area (Å²) in [6, 6.07) is 0.720. The van der Waals surface area contributed by atoms with Crippen LogP contribution >= 0.6 is 31.1 Å². The molecule has 0 aromatic carbocycles. The van der Waals surface area contributed by atoms with Crippen molar-refractivity contribution < 1.29 is 5.11 Å². The van der Waals surface area contributed by atoms with Gasteiger partial charge in [0, 0.05) is 29.1 Å². The third-order valence-corrected chi connectivity index (χ3v) is 12.4. The summed E-state index contributed by atoms with van der Waals surface area (Å²) in [6.07, 6.45) is 6.11. The van der Waals surface area contributed by atoms with Crippen LogP contribution in [0.2, 0.25) is 0 Å². The minimum absolute atomic E-state index is 0.0440. The Labute approximate surface area is 240 Å². The quantitative estimate of drug-likeness (QED) is 0.0891. The highest BCUT2D eigenvalue weighted by Gasteiger charge is 2.40. The maximum Gasteiger partial charge on any atom is 0.0654 e. The fourth-order valence-corrected chi connectivity index (χ4v) is 9.65. The highest BCUT2D eigenvalue weighted by atomic mass is 32.2. The molecule has 0 aliphatic heterocycles. The van der Waals surface area contributed by atoms with Gasteiger partial charge in [0.25, 0.3) is 0 Å². The summed E-state index contributed by atoms with van der Waals surface area (Å²) >= 11 is 4.18. The molecule has 1 aliphatic rings. The van der Waals surface area contributed by atoms with Crippen LogP contribution in [0.25, 0.3) is 0 Å². The Bertz CT molecular complexity index is 740. The molecule has 218 valence electrons. The van der Waals surface area contributed by atoms with Crippen LogP contribution in [0.3, 0.4) is 0 Å². The van der Waals surface area contributed by atoms with E-state index in [9.17, 15) is 5.11 Å². The van der Waals surface area contributed by atoms with E-state index >= 15 is 0 Å². The molecule has 0 heterocycles. The topological polar surface area (TPSA) is 44.3 Å². The third kappa shape index (κ3) is 15.1. The fourth-order valence-electron chi connectivity index (χ4n) is 4.65. The molecule has 0 radical (unpaired) electrons. The van der Waals surface area contributed by atoms with Crippen LogP contribution in [0.1, 0.15) is 88.0 Å². The van der Waals surface area contributed by atoms with Gasteiger partial charge in [0.05, 0.1) is 11.2 Å². The summed E-state index contributed by atoms with van der Waals surface area (Å²) in [5.74, 6) is 6.80. The Kier molecular flexibility index (Phi) is 15.9. The van der Waals surface area contributed by atoms with Crippen molar-refractivity contribution in [2.75, 3.05) is 30.9 Å². The number of thioether (sulfide) groups is 2. The Hall–Kier alpha value is 0.360. The maximum atomic E-state index is 9.86. The second-order valence-corrected chi connectivity index (χ2v) is 18.8. The first kappa shape index (κ1) is 35.4. The average molecular weight is 573 g/mol. The Morgan fingerprint density at radius 3 is 2.22 bits per heavy atom. The van der Waals surface area contributed by atoms with E-state index in [1.807, 2.05) is 11.8 Å². The molecule has 7 unspecified atom stereocenters. The van der Waals surface area contributed by atoms with Crippen molar-refractivity contribution in [2.24, 2.45) is 23.2 Å². The molecule has 1 rings (SSSR count). The number of nitrogens with one attached hydrogen (secondary N) is 2. The molecular formula is C31H61N2OPS2.